The Labute approximate surface area is 89.4 Å². The molecule has 0 fully saturated rings. The molecule has 0 bridgehead atoms. The second kappa shape index (κ2) is 4.67. The second-order valence-corrected chi connectivity index (χ2v) is 3.35. The number of nitrogens with one attached hydrogen (secondary N) is 1. The molecular weight excluding hydrogens is 288 g/mol. The minimum Gasteiger partial charge on any atom is -0.343 e. The van der Waals surface area contributed by atoms with Gasteiger partial charge in [0.15, 0.2) is 0 Å². The van der Waals surface area contributed by atoms with Crippen molar-refractivity contribution in [2.75, 3.05) is 4.55 Å². The number of hydrogen-bond acceptors (Lipinski definition) is 1. The van der Waals surface area contributed by atoms with Crippen LogP contribution < -0.4 is 5.32 Å². The Bertz CT molecular complexity index is 290. The maximum absolute atomic E-state index is 11.2. The first-order valence-corrected chi connectivity index (χ1v) is 5.24. The number of benzene rings is 1. The summed E-state index contributed by atoms with van der Waals surface area (Å²) in [7, 11) is 0. The molecule has 0 aliphatic rings. The number of carbonyl (C=O) groups is 1. The zero-order valence-corrected chi connectivity index (χ0v) is 9.09. The van der Waals surface area contributed by atoms with Crippen molar-refractivity contribution in [1.82, 2.24) is 5.32 Å². The molecule has 0 unspecified atom stereocenters. The van der Waals surface area contributed by atoms with Crippen molar-refractivity contribution in [3.8, 4) is 0 Å². The maximum atomic E-state index is 11.2. The quantitative estimate of drug-likeness (QED) is 0.507. The molecule has 0 aliphatic carbocycles. The largest absolute Gasteiger partial charge is 0.343 e. The van der Waals surface area contributed by atoms with Gasteiger partial charge in [-0.2, -0.15) is 0 Å². The van der Waals surface area contributed by atoms with Gasteiger partial charge in [0.05, 0.1) is 4.55 Å². The number of amides is 1. The van der Waals surface area contributed by atoms with Gasteiger partial charge >= 0.3 is 0 Å². The van der Waals surface area contributed by atoms with Crippen LogP contribution in [0.25, 0.3) is 0 Å². The molecule has 12 heavy (non-hydrogen) atoms. The highest BCUT2D eigenvalue weighted by molar-refractivity contribution is 14.1. The lowest BCUT2D eigenvalue weighted by atomic mass is 10.2. The lowest BCUT2D eigenvalue weighted by molar-refractivity contribution is 0.0962. The number of halogens is 2. The Morgan fingerprint density at radius 1 is 1.58 bits per heavy atom. The molecule has 0 aliphatic heterocycles. The molecular formula is C8H7ClINO. The van der Waals surface area contributed by atoms with E-state index in [1.54, 1.807) is 24.3 Å². The van der Waals surface area contributed by atoms with Gasteiger partial charge < -0.3 is 5.32 Å². The minimum absolute atomic E-state index is 0.0908. The summed E-state index contributed by atoms with van der Waals surface area (Å²) in [5.74, 6) is -0.0908. The van der Waals surface area contributed by atoms with Gasteiger partial charge in [0.2, 0.25) is 0 Å². The Balaban J connectivity index is 2.81. The van der Waals surface area contributed by atoms with Crippen LogP contribution in [0.5, 0.6) is 0 Å². The van der Waals surface area contributed by atoms with Gasteiger partial charge in [-0.25, -0.2) is 0 Å². The molecule has 0 aromatic heterocycles. The number of rotatable bonds is 2. The zero-order chi connectivity index (χ0) is 8.97. The maximum Gasteiger partial charge on any atom is 0.251 e. The van der Waals surface area contributed by atoms with E-state index in [0.717, 1.165) is 0 Å². The number of carbonyl (C=O) groups excluding carboxylic acids is 1. The molecule has 0 spiro atoms. The van der Waals surface area contributed by atoms with Gasteiger partial charge in [-0.15, -0.1) is 0 Å². The van der Waals surface area contributed by atoms with Crippen LogP contribution >= 0.6 is 34.2 Å². The zero-order valence-electron chi connectivity index (χ0n) is 6.18. The van der Waals surface area contributed by atoms with E-state index in [0.29, 0.717) is 15.1 Å². The fourth-order valence-corrected chi connectivity index (χ4v) is 1.33. The molecule has 0 saturated heterocycles. The molecule has 1 N–H and O–H groups in total. The van der Waals surface area contributed by atoms with Gasteiger partial charge in [0, 0.05) is 10.6 Å². The molecule has 1 rings (SSSR count). The summed E-state index contributed by atoms with van der Waals surface area (Å²) in [4.78, 5) is 11.2. The summed E-state index contributed by atoms with van der Waals surface area (Å²) in [5.41, 5.74) is 0.596. The molecule has 0 heterocycles. The first-order valence-electron chi connectivity index (χ1n) is 3.34. The van der Waals surface area contributed by atoms with Crippen LogP contribution in [0, 0.1) is 0 Å². The average molecular weight is 296 g/mol. The van der Waals surface area contributed by atoms with Crippen LogP contribution in [0.15, 0.2) is 24.3 Å². The number of hydrogen-bond donors (Lipinski definition) is 1. The third-order valence-corrected chi connectivity index (χ3v) is 1.93. The molecule has 4 heteroatoms. The van der Waals surface area contributed by atoms with E-state index in [2.05, 4.69) is 27.9 Å². The lowest BCUT2D eigenvalue weighted by Crippen LogP contribution is -2.20. The van der Waals surface area contributed by atoms with E-state index in [-0.39, 0.29) is 5.91 Å². The van der Waals surface area contributed by atoms with Crippen molar-refractivity contribution in [2.24, 2.45) is 0 Å². The summed E-state index contributed by atoms with van der Waals surface area (Å²) in [6.45, 7) is 0. The summed E-state index contributed by atoms with van der Waals surface area (Å²) in [5, 5.41) is 3.26. The van der Waals surface area contributed by atoms with Crippen molar-refractivity contribution < 1.29 is 4.79 Å². The van der Waals surface area contributed by atoms with Gasteiger partial charge in [-0.3, -0.25) is 4.79 Å². The molecule has 1 amide bonds. The topological polar surface area (TPSA) is 29.1 Å². The van der Waals surface area contributed by atoms with E-state index < -0.39 is 0 Å². The standard InChI is InChI=1S/C8H7ClINO/c9-7-3-1-2-6(4-7)8(12)11-5-10/h1-4H,5H2,(H,11,12). The third-order valence-electron chi connectivity index (χ3n) is 1.31. The van der Waals surface area contributed by atoms with E-state index in [4.69, 9.17) is 11.6 Å². The molecule has 1 aromatic rings. The molecule has 2 nitrogen and oxygen atoms in total. The van der Waals surface area contributed by atoms with Gasteiger partial charge in [-0.1, -0.05) is 40.3 Å². The predicted octanol–water partition coefficient (Wildman–Crippen LogP) is 2.46. The van der Waals surface area contributed by atoms with E-state index >= 15 is 0 Å². The van der Waals surface area contributed by atoms with Crippen LogP contribution in [0.2, 0.25) is 5.02 Å². The lowest BCUT2D eigenvalue weighted by Gasteiger charge is -2.00. The van der Waals surface area contributed by atoms with Crippen molar-refractivity contribution >= 4 is 40.1 Å². The number of alkyl halides is 1. The fraction of sp³-hybridized carbons (Fsp3) is 0.125. The van der Waals surface area contributed by atoms with E-state index in [1.807, 2.05) is 0 Å². The Hall–Kier alpha value is -0.290. The SMILES string of the molecule is O=C(NCI)c1cccc(Cl)c1. The van der Waals surface area contributed by atoms with Gasteiger partial charge in [-0.05, 0) is 18.2 Å². The average Bonchev–Trinajstić information content (AvgIpc) is 2.05. The van der Waals surface area contributed by atoms with Crippen molar-refractivity contribution in [3.05, 3.63) is 34.9 Å². The Morgan fingerprint density at radius 2 is 2.33 bits per heavy atom. The summed E-state index contributed by atoms with van der Waals surface area (Å²) in [6.07, 6.45) is 0. The monoisotopic (exact) mass is 295 g/mol. The Kier molecular flexibility index (Phi) is 3.81. The predicted molar refractivity (Wildman–Crippen MR) is 57.8 cm³/mol. The van der Waals surface area contributed by atoms with Crippen LogP contribution in [0.1, 0.15) is 10.4 Å². The van der Waals surface area contributed by atoms with Crippen molar-refractivity contribution in [3.63, 3.8) is 0 Å². The Morgan fingerprint density at radius 3 is 2.92 bits per heavy atom. The molecule has 0 saturated carbocycles. The first kappa shape index (κ1) is 9.80. The highest BCUT2D eigenvalue weighted by atomic mass is 127. The van der Waals surface area contributed by atoms with Crippen LogP contribution in [0.3, 0.4) is 0 Å². The molecule has 0 atom stereocenters. The minimum atomic E-state index is -0.0908. The normalized spacial score (nSPS) is 9.50. The van der Waals surface area contributed by atoms with Crippen LogP contribution in [-0.4, -0.2) is 10.5 Å². The van der Waals surface area contributed by atoms with Crippen molar-refractivity contribution in [2.45, 2.75) is 0 Å². The third kappa shape index (κ3) is 2.64. The van der Waals surface area contributed by atoms with Crippen LogP contribution in [0.4, 0.5) is 0 Å². The first-order chi connectivity index (χ1) is 5.74. The highest BCUT2D eigenvalue weighted by Gasteiger charge is 2.02. The molecule has 1 aromatic carbocycles. The fourth-order valence-electron chi connectivity index (χ4n) is 0.792. The summed E-state index contributed by atoms with van der Waals surface area (Å²) >= 11 is 7.78. The van der Waals surface area contributed by atoms with E-state index in [1.165, 1.54) is 0 Å². The van der Waals surface area contributed by atoms with Crippen molar-refractivity contribution in [1.29, 1.82) is 0 Å². The van der Waals surface area contributed by atoms with Gasteiger partial charge in [0.25, 0.3) is 5.91 Å². The molecule has 64 valence electrons. The molecule has 0 radical (unpaired) electrons. The smallest absolute Gasteiger partial charge is 0.251 e. The van der Waals surface area contributed by atoms with Gasteiger partial charge in [0.1, 0.15) is 0 Å². The van der Waals surface area contributed by atoms with E-state index in [9.17, 15) is 4.79 Å². The summed E-state index contributed by atoms with van der Waals surface area (Å²) < 4.78 is 0.600. The summed E-state index contributed by atoms with van der Waals surface area (Å²) in [6, 6.07) is 6.86. The highest BCUT2D eigenvalue weighted by Crippen LogP contribution is 2.10. The van der Waals surface area contributed by atoms with Crippen LogP contribution in [-0.2, 0) is 0 Å². The second-order valence-electron chi connectivity index (χ2n) is 2.15.